The maximum Gasteiger partial charge on any atom is 0.262 e. The Labute approximate surface area is 160 Å². The fourth-order valence-electron chi connectivity index (χ4n) is 2.68. The number of imidazole rings is 1. The van der Waals surface area contributed by atoms with Gasteiger partial charge in [0.1, 0.15) is 0 Å². The van der Waals surface area contributed by atoms with E-state index in [0.29, 0.717) is 16.3 Å². The normalized spacial score (nSPS) is 11.8. The van der Waals surface area contributed by atoms with Crippen LogP contribution in [0.5, 0.6) is 0 Å². The molecule has 2 aromatic carbocycles. The third-order valence-corrected chi connectivity index (χ3v) is 6.47. The molecule has 0 saturated carbocycles. The number of benzene rings is 2. The Morgan fingerprint density at radius 2 is 2.04 bits per heavy atom. The summed E-state index contributed by atoms with van der Waals surface area (Å²) in [5, 5.41) is 2.34. The quantitative estimate of drug-likeness (QED) is 0.531. The molecule has 0 fully saturated rings. The van der Waals surface area contributed by atoms with E-state index in [4.69, 9.17) is 11.6 Å². The fourth-order valence-corrected chi connectivity index (χ4v) is 4.94. The first-order valence-electron chi connectivity index (χ1n) is 7.74. The fraction of sp³-hybridized carbons (Fsp3) is 0.0556. The number of sulfonamides is 1. The van der Waals surface area contributed by atoms with Gasteiger partial charge in [0.05, 0.1) is 10.6 Å². The summed E-state index contributed by atoms with van der Waals surface area (Å²) >= 11 is 7.50. The zero-order valence-corrected chi connectivity index (χ0v) is 16.1. The monoisotopic (exact) mass is 403 g/mol. The van der Waals surface area contributed by atoms with Gasteiger partial charge in [-0.2, -0.15) is 0 Å². The molecule has 26 heavy (non-hydrogen) atoms. The van der Waals surface area contributed by atoms with E-state index in [-0.39, 0.29) is 4.90 Å². The van der Waals surface area contributed by atoms with Crippen molar-refractivity contribution >= 4 is 43.6 Å². The van der Waals surface area contributed by atoms with Crippen molar-refractivity contribution < 1.29 is 8.42 Å². The summed E-state index contributed by atoms with van der Waals surface area (Å²) in [7, 11) is -3.74. The van der Waals surface area contributed by atoms with Crippen LogP contribution in [0.3, 0.4) is 0 Å². The summed E-state index contributed by atoms with van der Waals surface area (Å²) in [5.74, 6) is 0. The Bertz CT molecular complexity index is 1180. The van der Waals surface area contributed by atoms with E-state index in [1.165, 1.54) is 6.07 Å². The van der Waals surface area contributed by atoms with Gasteiger partial charge in [0, 0.05) is 34.0 Å². The average Bonchev–Trinajstić information content (AvgIpc) is 3.18. The van der Waals surface area contributed by atoms with Crippen LogP contribution in [0.1, 0.15) is 5.56 Å². The van der Waals surface area contributed by atoms with Gasteiger partial charge in [-0.25, -0.2) is 13.4 Å². The highest BCUT2D eigenvalue weighted by Crippen LogP contribution is 2.27. The number of hydrogen-bond donors (Lipinski definition) is 1. The zero-order chi connectivity index (χ0) is 18.3. The molecule has 0 atom stereocenters. The van der Waals surface area contributed by atoms with E-state index in [9.17, 15) is 8.42 Å². The number of rotatable bonds is 4. The van der Waals surface area contributed by atoms with Crippen molar-refractivity contribution in [1.82, 2.24) is 9.38 Å². The minimum atomic E-state index is -3.74. The lowest BCUT2D eigenvalue weighted by molar-refractivity contribution is 0.600. The summed E-state index contributed by atoms with van der Waals surface area (Å²) in [4.78, 5) is 5.61. The van der Waals surface area contributed by atoms with Crippen molar-refractivity contribution in [3.63, 3.8) is 0 Å². The molecule has 132 valence electrons. The molecule has 4 rings (SSSR count). The maximum atomic E-state index is 12.7. The van der Waals surface area contributed by atoms with Crippen LogP contribution in [0, 0.1) is 6.92 Å². The summed E-state index contributed by atoms with van der Waals surface area (Å²) in [6.07, 6.45) is 3.85. The standard InChI is InChI=1S/C18H14ClN3O2S2/c1-12-5-6-14(19)10-17(12)26(23,24)21-15-4-2-3-13(9-15)16-11-22-7-8-25-18(22)20-16/h2-11,21H,1H3. The molecule has 1 N–H and O–H groups in total. The third kappa shape index (κ3) is 3.21. The molecule has 0 spiro atoms. The first-order chi connectivity index (χ1) is 12.4. The lowest BCUT2D eigenvalue weighted by atomic mass is 10.1. The van der Waals surface area contributed by atoms with Gasteiger partial charge in [-0.3, -0.25) is 9.12 Å². The van der Waals surface area contributed by atoms with Crippen molar-refractivity contribution in [3.05, 3.63) is 70.8 Å². The largest absolute Gasteiger partial charge is 0.297 e. The summed E-state index contributed by atoms with van der Waals surface area (Å²) in [6.45, 7) is 1.74. The van der Waals surface area contributed by atoms with Gasteiger partial charge >= 0.3 is 0 Å². The Morgan fingerprint density at radius 3 is 2.85 bits per heavy atom. The molecule has 8 heteroatoms. The highest BCUT2D eigenvalue weighted by molar-refractivity contribution is 7.92. The second-order valence-corrected chi connectivity index (χ2v) is 8.78. The number of nitrogens with one attached hydrogen (secondary N) is 1. The lowest BCUT2D eigenvalue weighted by Crippen LogP contribution is -2.14. The number of thiazole rings is 1. The number of aromatic nitrogens is 2. The Kier molecular flexibility index (Phi) is 4.22. The Morgan fingerprint density at radius 1 is 1.19 bits per heavy atom. The predicted octanol–water partition coefficient (Wildman–Crippen LogP) is 4.83. The van der Waals surface area contributed by atoms with Crippen LogP contribution in [-0.2, 0) is 10.0 Å². The second kappa shape index (κ2) is 6.42. The van der Waals surface area contributed by atoms with Gasteiger partial charge in [0.25, 0.3) is 10.0 Å². The van der Waals surface area contributed by atoms with Crippen LogP contribution in [0.4, 0.5) is 5.69 Å². The average molecular weight is 404 g/mol. The Balaban J connectivity index is 1.68. The van der Waals surface area contributed by atoms with Crippen molar-refractivity contribution in [1.29, 1.82) is 0 Å². The maximum absolute atomic E-state index is 12.7. The van der Waals surface area contributed by atoms with E-state index in [0.717, 1.165) is 16.2 Å². The highest BCUT2D eigenvalue weighted by Gasteiger charge is 2.18. The molecule has 0 amide bonds. The van der Waals surface area contributed by atoms with Crippen LogP contribution in [0.25, 0.3) is 16.2 Å². The molecule has 0 unspecified atom stereocenters. The van der Waals surface area contributed by atoms with Crippen molar-refractivity contribution in [2.24, 2.45) is 0 Å². The summed E-state index contributed by atoms with van der Waals surface area (Å²) in [5.41, 5.74) is 2.73. The molecule has 0 aliphatic carbocycles. The van der Waals surface area contributed by atoms with Gasteiger partial charge in [-0.05, 0) is 36.8 Å². The first kappa shape index (κ1) is 17.1. The van der Waals surface area contributed by atoms with Crippen molar-refractivity contribution in [2.75, 3.05) is 4.72 Å². The Hall–Kier alpha value is -2.35. The molecule has 0 saturated heterocycles. The number of fused-ring (bicyclic) bond motifs is 1. The molecule has 2 aromatic heterocycles. The molecule has 0 aliphatic rings. The number of nitrogens with zero attached hydrogens (tertiary/aromatic N) is 2. The van der Waals surface area contributed by atoms with Gasteiger partial charge < -0.3 is 0 Å². The number of aryl methyl sites for hydroxylation is 1. The zero-order valence-electron chi connectivity index (χ0n) is 13.7. The second-order valence-electron chi connectivity index (χ2n) is 5.82. The van der Waals surface area contributed by atoms with E-state index in [2.05, 4.69) is 9.71 Å². The van der Waals surface area contributed by atoms with Gasteiger partial charge in [-0.15, -0.1) is 11.3 Å². The third-order valence-electron chi connectivity index (χ3n) is 3.94. The first-order valence-corrected chi connectivity index (χ1v) is 10.5. The van der Waals surface area contributed by atoms with Crippen LogP contribution in [-0.4, -0.2) is 17.8 Å². The number of halogens is 1. The molecule has 0 aliphatic heterocycles. The van der Waals surface area contributed by atoms with Crippen molar-refractivity contribution in [2.45, 2.75) is 11.8 Å². The summed E-state index contributed by atoms with van der Waals surface area (Å²) in [6, 6.07) is 12.0. The smallest absolute Gasteiger partial charge is 0.262 e. The predicted molar refractivity (Wildman–Crippen MR) is 106 cm³/mol. The molecule has 4 aromatic rings. The highest BCUT2D eigenvalue weighted by atomic mass is 35.5. The molecule has 0 radical (unpaired) electrons. The van der Waals surface area contributed by atoms with Crippen molar-refractivity contribution in [3.8, 4) is 11.3 Å². The number of hydrogen-bond acceptors (Lipinski definition) is 4. The lowest BCUT2D eigenvalue weighted by Gasteiger charge is -2.11. The molecule has 2 heterocycles. The topological polar surface area (TPSA) is 63.5 Å². The van der Waals surface area contributed by atoms with Gasteiger partial charge in [0.2, 0.25) is 0 Å². The molecular formula is C18H14ClN3O2S2. The van der Waals surface area contributed by atoms with Crippen LogP contribution in [0.15, 0.2) is 65.1 Å². The van der Waals surface area contributed by atoms with Gasteiger partial charge in [-0.1, -0.05) is 29.8 Å². The minimum Gasteiger partial charge on any atom is -0.297 e. The van der Waals surface area contributed by atoms with E-state index < -0.39 is 10.0 Å². The van der Waals surface area contributed by atoms with Crippen LogP contribution >= 0.6 is 22.9 Å². The summed E-state index contributed by atoms with van der Waals surface area (Å²) < 4.78 is 30.0. The number of anilines is 1. The molecule has 5 nitrogen and oxygen atoms in total. The van der Waals surface area contributed by atoms with Gasteiger partial charge in [0.15, 0.2) is 4.96 Å². The van der Waals surface area contributed by atoms with Crippen LogP contribution < -0.4 is 4.72 Å². The SMILES string of the molecule is Cc1ccc(Cl)cc1S(=O)(=O)Nc1cccc(-c2cn3ccsc3n2)c1. The van der Waals surface area contributed by atoms with E-state index in [1.54, 1.807) is 48.6 Å². The van der Waals surface area contributed by atoms with Crippen LogP contribution in [0.2, 0.25) is 5.02 Å². The molecular weight excluding hydrogens is 390 g/mol. The van der Waals surface area contributed by atoms with E-state index in [1.807, 2.05) is 28.2 Å². The van der Waals surface area contributed by atoms with E-state index >= 15 is 0 Å². The minimum absolute atomic E-state index is 0.165. The molecule has 0 bridgehead atoms.